The molecule has 108 valence electrons. The third-order valence-corrected chi connectivity index (χ3v) is 3.90. The summed E-state index contributed by atoms with van der Waals surface area (Å²) < 4.78 is 1.98. The van der Waals surface area contributed by atoms with Crippen molar-refractivity contribution < 1.29 is 5.11 Å². The van der Waals surface area contributed by atoms with Gasteiger partial charge >= 0.3 is 0 Å². The van der Waals surface area contributed by atoms with Gasteiger partial charge in [0.25, 0.3) is 0 Å². The number of nitrogens with one attached hydrogen (secondary N) is 1. The Morgan fingerprint density at radius 1 is 1.42 bits per heavy atom. The molecule has 1 aromatic heterocycles. The predicted molar refractivity (Wildman–Crippen MR) is 74.5 cm³/mol. The van der Waals surface area contributed by atoms with Crippen molar-refractivity contribution in [2.45, 2.75) is 58.7 Å². The first-order valence-electron chi connectivity index (χ1n) is 7.41. The second kappa shape index (κ2) is 7.01. The van der Waals surface area contributed by atoms with E-state index in [1.54, 1.807) is 6.33 Å². The fourth-order valence-corrected chi connectivity index (χ4v) is 2.84. The molecule has 0 aromatic carbocycles. The molecule has 1 aromatic rings. The van der Waals surface area contributed by atoms with Crippen LogP contribution in [-0.4, -0.2) is 32.5 Å². The van der Waals surface area contributed by atoms with Crippen molar-refractivity contribution in [3.8, 4) is 0 Å². The second-order valence-corrected chi connectivity index (χ2v) is 5.97. The third kappa shape index (κ3) is 4.01. The van der Waals surface area contributed by atoms with E-state index in [9.17, 15) is 5.11 Å². The Bertz CT molecular complexity index is 377. The van der Waals surface area contributed by atoms with Gasteiger partial charge in [0.15, 0.2) is 0 Å². The fourth-order valence-electron chi connectivity index (χ4n) is 2.84. The number of aromatic nitrogens is 3. The fraction of sp³-hybridized carbons (Fsp3) is 0.857. The van der Waals surface area contributed by atoms with Crippen molar-refractivity contribution in [1.29, 1.82) is 0 Å². The zero-order chi connectivity index (χ0) is 13.7. The molecule has 5 heteroatoms. The Morgan fingerprint density at radius 2 is 2.21 bits per heavy atom. The van der Waals surface area contributed by atoms with Gasteiger partial charge in [-0.05, 0) is 24.7 Å². The highest BCUT2D eigenvalue weighted by molar-refractivity contribution is 4.88. The Balaban J connectivity index is 1.89. The minimum absolute atomic E-state index is 0.288. The van der Waals surface area contributed by atoms with E-state index >= 15 is 0 Å². The van der Waals surface area contributed by atoms with Crippen LogP contribution in [0, 0.1) is 11.8 Å². The molecule has 2 unspecified atom stereocenters. The number of nitrogens with zero attached hydrogens (tertiary/aromatic N) is 3. The lowest BCUT2D eigenvalue weighted by molar-refractivity contribution is 0.151. The molecule has 5 nitrogen and oxygen atoms in total. The van der Waals surface area contributed by atoms with Crippen LogP contribution in [0.15, 0.2) is 6.33 Å². The van der Waals surface area contributed by atoms with Crippen LogP contribution in [0.4, 0.5) is 0 Å². The molecule has 0 saturated heterocycles. The zero-order valence-electron chi connectivity index (χ0n) is 12.0. The van der Waals surface area contributed by atoms with E-state index in [1.165, 1.54) is 12.8 Å². The average Bonchev–Trinajstić information content (AvgIpc) is 2.83. The molecular weight excluding hydrogens is 240 g/mol. The lowest BCUT2D eigenvalue weighted by atomic mass is 9.85. The highest BCUT2D eigenvalue weighted by Crippen LogP contribution is 2.24. The molecule has 1 aliphatic carbocycles. The molecule has 2 atom stereocenters. The van der Waals surface area contributed by atoms with E-state index in [1.807, 2.05) is 4.68 Å². The SMILES string of the molecule is CC(C)Cn1ncnc1CNC1CCCCC1CO. The van der Waals surface area contributed by atoms with Gasteiger partial charge in [-0.15, -0.1) is 0 Å². The first-order valence-corrected chi connectivity index (χ1v) is 7.41. The van der Waals surface area contributed by atoms with Gasteiger partial charge in [0.05, 0.1) is 6.54 Å². The van der Waals surface area contributed by atoms with Crippen LogP contribution in [0.3, 0.4) is 0 Å². The monoisotopic (exact) mass is 266 g/mol. The van der Waals surface area contributed by atoms with Gasteiger partial charge in [-0.25, -0.2) is 9.67 Å². The van der Waals surface area contributed by atoms with Gasteiger partial charge in [-0.3, -0.25) is 0 Å². The topological polar surface area (TPSA) is 63.0 Å². The summed E-state index contributed by atoms with van der Waals surface area (Å²) in [5.74, 6) is 1.96. The summed E-state index contributed by atoms with van der Waals surface area (Å²) in [6.07, 6.45) is 6.42. The number of rotatable bonds is 6. The summed E-state index contributed by atoms with van der Waals surface area (Å²) in [6.45, 7) is 6.30. The Kier molecular flexibility index (Phi) is 5.34. The first-order chi connectivity index (χ1) is 9.20. The molecule has 0 aliphatic heterocycles. The minimum atomic E-state index is 0.288. The number of hydrogen-bond acceptors (Lipinski definition) is 4. The maximum Gasteiger partial charge on any atom is 0.140 e. The van der Waals surface area contributed by atoms with Crippen LogP contribution in [-0.2, 0) is 13.1 Å². The summed E-state index contributed by atoms with van der Waals surface area (Å²) in [5, 5.41) is 17.2. The molecule has 19 heavy (non-hydrogen) atoms. The highest BCUT2D eigenvalue weighted by Gasteiger charge is 2.24. The smallest absolute Gasteiger partial charge is 0.140 e. The van der Waals surface area contributed by atoms with E-state index in [-0.39, 0.29) is 6.61 Å². The van der Waals surface area contributed by atoms with Crippen LogP contribution in [0.5, 0.6) is 0 Å². The Labute approximate surface area is 115 Å². The third-order valence-electron chi connectivity index (χ3n) is 3.90. The average molecular weight is 266 g/mol. The van der Waals surface area contributed by atoms with Gasteiger partial charge in [0.2, 0.25) is 0 Å². The van der Waals surface area contributed by atoms with E-state index in [0.717, 1.165) is 31.8 Å². The standard InChI is InChI=1S/C14H26N4O/c1-11(2)8-18-14(16-10-17-18)7-15-13-6-4-3-5-12(13)9-19/h10-13,15,19H,3-9H2,1-2H3. The number of hydrogen-bond donors (Lipinski definition) is 2. The first kappa shape index (κ1) is 14.5. The van der Waals surface area contributed by atoms with Gasteiger partial charge < -0.3 is 10.4 Å². The number of aliphatic hydroxyl groups is 1. The predicted octanol–water partition coefficient (Wildman–Crippen LogP) is 1.57. The van der Waals surface area contributed by atoms with Crippen LogP contribution < -0.4 is 5.32 Å². The van der Waals surface area contributed by atoms with E-state index in [4.69, 9.17) is 0 Å². The van der Waals surface area contributed by atoms with Crippen molar-refractivity contribution in [2.24, 2.45) is 11.8 Å². The normalized spacial score (nSPS) is 24.0. The molecule has 1 fully saturated rings. The quantitative estimate of drug-likeness (QED) is 0.820. The Hall–Kier alpha value is -0.940. The van der Waals surface area contributed by atoms with Crippen LogP contribution in [0.1, 0.15) is 45.4 Å². The van der Waals surface area contributed by atoms with Gasteiger partial charge in [0.1, 0.15) is 12.2 Å². The molecule has 1 heterocycles. The Morgan fingerprint density at radius 3 is 2.95 bits per heavy atom. The van der Waals surface area contributed by atoms with Crippen molar-refractivity contribution in [3.05, 3.63) is 12.2 Å². The van der Waals surface area contributed by atoms with Crippen molar-refractivity contribution in [1.82, 2.24) is 20.1 Å². The summed E-state index contributed by atoms with van der Waals surface area (Å²) >= 11 is 0. The van der Waals surface area contributed by atoms with Crippen LogP contribution >= 0.6 is 0 Å². The van der Waals surface area contributed by atoms with Gasteiger partial charge in [0, 0.05) is 19.2 Å². The molecule has 1 aliphatic rings. The highest BCUT2D eigenvalue weighted by atomic mass is 16.3. The molecule has 0 amide bonds. The van der Waals surface area contributed by atoms with E-state index in [0.29, 0.717) is 17.9 Å². The molecule has 0 radical (unpaired) electrons. The summed E-state index contributed by atoms with van der Waals surface area (Å²) in [4.78, 5) is 4.33. The van der Waals surface area contributed by atoms with Crippen LogP contribution in [0.25, 0.3) is 0 Å². The summed E-state index contributed by atoms with van der Waals surface area (Å²) in [5.41, 5.74) is 0. The van der Waals surface area contributed by atoms with E-state index < -0.39 is 0 Å². The maximum atomic E-state index is 9.42. The second-order valence-electron chi connectivity index (χ2n) is 5.97. The van der Waals surface area contributed by atoms with Gasteiger partial charge in [-0.2, -0.15) is 5.10 Å². The molecule has 1 saturated carbocycles. The van der Waals surface area contributed by atoms with Gasteiger partial charge in [-0.1, -0.05) is 26.7 Å². The van der Waals surface area contributed by atoms with Crippen LogP contribution in [0.2, 0.25) is 0 Å². The molecule has 0 spiro atoms. The van der Waals surface area contributed by atoms with E-state index in [2.05, 4.69) is 29.2 Å². The number of aliphatic hydroxyl groups excluding tert-OH is 1. The lowest BCUT2D eigenvalue weighted by Crippen LogP contribution is -2.40. The molecule has 0 bridgehead atoms. The lowest BCUT2D eigenvalue weighted by Gasteiger charge is -2.30. The zero-order valence-corrected chi connectivity index (χ0v) is 12.0. The molecular formula is C14H26N4O. The molecule has 2 rings (SSSR count). The largest absolute Gasteiger partial charge is 0.396 e. The molecule has 2 N–H and O–H groups in total. The minimum Gasteiger partial charge on any atom is -0.396 e. The maximum absolute atomic E-state index is 9.42. The van der Waals surface area contributed by atoms with Crippen molar-refractivity contribution in [3.63, 3.8) is 0 Å². The van der Waals surface area contributed by atoms with Crippen molar-refractivity contribution >= 4 is 0 Å². The van der Waals surface area contributed by atoms with Crippen molar-refractivity contribution in [2.75, 3.05) is 6.61 Å². The summed E-state index contributed by atoms with van der Waals surface area (Å²) in [7, 11) is 0. The summed E-state index contributed by atoms with van der Waals surface area (Å²) in [6, 6.07) is 0.419.